The number of pyridine rings is 1. The van der Waals surface area contributed by atoms with Crippen molar-refractivity contribution in [1.29, 1.82) is 0 Å². The predicted octanol–water partition coefficient (Wildman–Crippen LogP) is 2.84. The van der Waals surface area contributed by atoms with Crippen molar-refractivity contribution in [3.8, 4) is 5.88 Å². The zero-order valence-corrected chi connectivity index (χ0v) is 11.5. The molecule has 0 bridgehead atoms. The number of hydrogen-bond donors (Lipinski definition) is 1. The summed E-state index contributed by atoms with van der Waals surface area (Å²) in [6.07, 6.45) is -7.96. The minimum atomic E-state index is -4.51. The van der Waals surface area contributed by atoms with Crippen LogP contribution in [-0.2, 0) is 11.3 Å². The van der Waals surface area contributed by atoms with Gasteiger partial charge in [-0.25, -0.2) is 4.98 Å². The van der Waals surface area contributed by atoms with Crippen LogP contribution in [0.1, 0.15) is 12.0 Å². The minimum Gasteiger partial charge on any atom is -0.468 e. The van der Waals surface area contributed by atoms with Crippen LogP contribution in [0.2, 0.25) is 0 Å². The molecule has 0 aromatic carbocycles. The van der Waals surface area contributed by atoms with E-state index >= 15 is 0 Å². The topological polar surface area (TPSA) is 51.2 Å². The number of nitrogens with one attached hydrogen (secondary N) is 1. The van der Waals surface area contributed by atoms with Gasteiger partial charge in [0.25, 0.3) is 0 Å². The summed E-state index contributed by atoms with van der Waals surface area (Å²) in [7, 11) is 0. The van der Waals surface area contributed by atoms with Gasteiger partial charge >= 0.3 is 12.4 Å². The molecule has 1 heterocycles. The number of rotatable bonds is 5. The van der Waals surface area contributed by atoms with Crippen molar-refractivity contribution in [1.82, 2.24) is 10.3 Å². The number of halogens is 6. The fourth-order valence-corrected chi connectivity index (χ4v) is 1.96. The van der Waals surface area contributed by atoms with Crippen molar-refractivity contribution in [2.75, 3.05) is 6.61 Å². The van der Waals surface area contributed by atoms with Gasteiger partial charge in [-0.1, -0.05) is 0 Å². The van der Waals surface area contributed by atoms with E-state index in [-0.39, 0.29) is 18.8 Å². The van der Waals surface area contributed by atoms with Crippen LogP contribution in [0.3, 0.4) is 0 Å². The molecule has 1 aromatic heterocycles. The molecule has 23 heavy (non-hydrogen) atoms. The van der Waals surface area contributed by atoms with E-state index in [1.807, 2.05) is 0 Å². The molecule has 1 saturated carbocycles. The second-order valence-electron chi connectivity index (χ2n) is 5.11. The lowest BCUT2D eigenvalue weighted by Crippen LogP contribution is -2.27. The number of aromatic nitrogens is 1. The summed E-state index contributed by atoms with van der Waals surface area (Å²) >= 11 is 0. The van der Waals surface area contributed by atoms with Gasteiger partial charge in [0.1, 0.15) is 0 Å². The Morgan fingerprint density at radius 1 is 1.30 bits per heavy atom. The van der Waals surface area contributed by atoms with E-state index < -0.39 is 36.7 Å². The quantitative estimate of drug-likeness (QED) is 0.838. The molecule has 0 radical (unpaired) electrons. The van der Waals surface area contributed by atoms with Crippen LogP contribution in [0, 0.1) is 11.8 Å². The lowest BCUT2D eigenvalue weighted by Gasteiger charge is -2.10. The smallest absolute Gasteiger partial charge is 0.422 e. The largest absolute Gasteiger partial charge is 0.468 e. The first-order chi connectivity index (χ1) is 10.6. The average Bonchev–Trinajstić information content (AvgIpc) is 3.23. The molecule has 0 saturated heterocycles. The first-order valence-electron chi connectivity index (χ1n) is 6.55. The summed E-state index contributed by atoms with van der Waals surface area (Å²) in [6.45, 7) is -1.63. The van der Waals surface area contributed by atoms with E-state index in [2.05, 4.69) is 15.0 Å². The van der Waals surface area contributed by atoms with Crippen LogP contribution in [0.5, 0.6) is 5.88 Å². The van der Waals surface area contributed by atoms with Gasteiger partial charge in [-0.15, -0.1) is 0 Å². The van der Waals surface area contributed by atoms with E-state index in [1.54, 1.807) is 0 Å². The van der Waals surface area contributed by atoms with Gasteiger partial charge in [0.15, 0.2) is 6.61 Å². The number of carbonyl (C=O) groups is 1. The Hall–Kier alpha value is -2.00. The third-order valence-corrected chi connectivity index (χ3v) is 3.20. The first-order valence-corrected chi connectivity index (χ1v) is 6.55. The maximum atomic E-state index is 12.4. The van der Waals surface area contributed by atoms with Gasteiger partial charge in [-0.3, -0.25) is 4.79 Å². The Labute approximate surface area is 126 Å². The second kappa shape index (κ2) is 6.25. The summed E-state index contributed by atoms with van der Waals surface area (Å²) in [5.74, 6) is -3.74. The van der Waals surface area contributed by atoms with Crippen molar-refractivity contribution in [3.63, 3.8) is 0 Å². The zero-order valence-electron chi connectivity index (χ0n) is 11.5. The highest BCUT2D eigenvalue weighted by molar-refractivity contribution is 5.81. The van der Waals surface area contributed by atoms with Crippen molar-refractivity contribution >= 4 is 5.91 Å². The van der Waals surface area contributed by atoms with Crippen LogP contribution in [0.25, 0.3) is 0 Å². The molecule has 1 aliphatic carbocycles. The predicted molar refractivity (Wildman–Crippen MR) is 65.3 cm³/mol. The maximum absolute atomic E-state index is 12.4. The second-order valence-corrected chi connectivity index (χ2v) is 5.11. The molecule has 1 aromatic rings. The van der Waals surface area contributed by atoms with E-state index in [0.717, 1.165) is 0 Å². The van der Waals surface area contributed by atoms with Gasteiger partial charge < -0.3 is 10.1 Å². The molecular weight excluding hydrogens is 330 g/mol. The normalized spacial score (nSPS) is 21.0. The van der Waals surface area contributed by atoms with Crippen molar-refractivity contribution < 1.29 is 35.9 Å². The van der Waals surface area contributed by atoms with Crippen molar-refractivity contribution in [2.45, 2.75) is 25.3 Å². The molecule has 128 valence electrons. The number of amides is 1. The third-order valence-electron chi connectivity index (χ3n) is 3.20. The minimum absolute atomic E-state index is 0.120. The van der Waals surface area contributed by atoms with Gasteiger partial charge in [0, 0.05) is 18.8 Å². The van der Waals surface area contributed by atoms with E-state index in [0.29, 0.717) is 5.56 Å². The Morgan fingerprint density at radius 3 is 2.57 bits per heavy atom. The van der Waals surface area contributed by atoms with Gasteiger partial charge in [-0.05, 0) is 18.1 Å². The summed E-state index contributed by atoms with van der Waals surface area (Å²) < 4.78 is 77.6. The lowest BCUT2D eigenvalue weighted by molar-refractivity contribution is -0.155. The van der Waals surface area contributed by atoms with Crippen molar-refractivity contribution in [3.05, 3.63) is 23.9 Å². The van der Waals surface area contributed by atoms with E-state index in [4.69, 9.17) is 0 Å². The van der Waals surface area contributed by atoms with Gasteiger partial charge in [-0.2, -0.15) is 26.3 Å². The average molecular weight is 342 g/mol. The molecule has 1 amide bonds. The van der Waals surface area contributed by atoms with Gasteiger partial charge in [0.05, 0.1) is 11.8 Å². The molecular formula is C13H12F6N2O2. The molecule has 2 rings (SSSR count). The van der Waals surface area contributed by atoms with Crippen LogP contribution < -0.4 is 10.1 Å². The SMILES string of the molecule is O=C(NCc1ccnc(OCC(F)(F)F)c1)[C@@H]1C[C@H]1C(F)(F)F. The summed E-state index contributed by atoms with van der Waals surface area (Å²) in [5, 5.41) is 2.32. The number of hydrogen-bond acceptors (Lipinski definition) is 3. The number of nitrogens with zero attached hydrogens (tertiary/aromatic N) is 1. The molecule has 4 nitrogen and oxygen atoms in total. The van der Waals surface area contributed by atoms with E-state index in [9.17, 15) is 31.1 Å². The fourth-order valence-electron chi connectivity index (χ4n) is 1.96. The summed E-state index contributed by atoms with van der Waals surface area (Å²) in [6, 6.07) is 2.59. The highest BCUT2D eigenvalue weighted by Crippen LogP contribution is 2.50. The summed E-state index contributed by atoms with van der Waals surface area (Å²) in [5.41, 5.74) is 0.370. The molecule has 1 aliphatic rings. The van der Waals surface area contributed by atoms with Crippen LogP contribution in [-0.4, -0.2) is 29.9 Å². The molecule has 1 fully saturated rings. The zero-order chi connectivity index (χ0) is 17.3. The number of carbonyl (C=O) groups excluding carboxylic acids is 1. The Morgan fingerprint density at radius 2 is 2.00 bits per heavy atom. The Bertz CT molecular complexity index is 572. The molecule has 1 N–H and O–H groups in total. The Balaban J connectivity index is 1.83. The summed E-state index contributed by atoms with van der Waals surface area (Å²) in [4.78, 5) is 15.1. The molecule has 0 aliphatic heterocycles. The third kappa shape index (κ3) is 5.29. The molecule has 10 heteroatoms. The highest BCUT2D eigenvalue weighted by atomic mass is 19.4. The number of alkyl halides is 6. The first kappa shape index (κ1) is 17.4. The fraction of sp³-hybridized carbons (Fsp3) is 0.538. The van der Waals surface area contributed by atoms with Crippen LogP contribution in [0.15, 0.2) is 18.3 Å². The molecule has 0 spiro atoms. The lowest BCUT2D eigenvalue weighted by atomic mass is 10.2. The number of ether oxygens (including phenoxy) is 1. The standard InChI is InChI=1S/C13H12F6N2O2/c14-12(15,16)6-23-10-3-7(1-2-20-10)5-21-11(22)8-4-9(8)13(17,18)19/h1-3,8-9H,4-6H2,(H,21,22)/t8-,9-/m1/s1. The van der Waals surface area contributed by atoms with Crippen LogP contribution >= 0.6 is 0 Å². The van der Waals surface area contributed by atoms with Crippen molar-refractivity contribution in [2.24, 2.45) is 11.8 Å². The van der Waals surface area contributed by atoms with Gasteiger partial charge in [0.2, 0.25) is 11.8 Å². The van der Waals surface area contributed by atoms with E-state index in [1.165, 1.54) is 18.3 Å². The monoisotopic (exact) mass is 342 g/mol. The molecule has 2 atom stereocenters. The maximum Gasteiger partial charge on any atom is 0.422 e. The Kier molecular flexibility index (Phi) is 4.71. The highest BCUT2D eigenvalue weighted by Gasteiger charge is 2.58. The van der Waals surface area contributed by atoms with Crippen LogP contribution in [0.4, 0.5) is 26.3 Å². The molecule has 0 unspecified atom stereocenters.